The normalized spacial score (nSPS) is 9.29. The van der Waals surface area contributed by atoms with Gasteiger partial charge in [0.2, 0.25) is 0 Å². The van der Waals surface area contributed by atoms with Gasteiger partial charge in [-0.05, 0) is 26.0 Å². The van der Waals surface area contributed by atoms with Crippen LogP contribution in [-0.2, 0) is 0 Å². The van der Waals surface area contributed by atoms with Gasteiger partial charge < -0.3 is 10.6 Å². The van der Waals surface area contributed by atoms with Crippen LogP contribution in [0.15, 0.2) is 30.6 Å². The molecule has 0 spiro atoms. The van der Waals surface area contributed by atoms with Crippen LogP contribution in [0.5, 0.6) is 0 Å². The second kappa shape index (κ2) is 4.41. The molecule has 0 saturated heterocycles. The van der Waals surface area contributed by atoms with E-state index in [4.69, 9.17) is 0 Å². The zero-order valence-electron chi connectivity index (χ0n) is 8.29. The van der Waals surface area contributed by atoms with E-state index >= 15 is 0 Å². The molecule has 1 rings (SSSR count). The van der Waals surface area contributed by atoms with Gasteiger partial charge in [0.15, 0.2) is 0 Å². The Morgan fingerprint density at radius 1 is 1.50 bits per heavy atom. The number of allylic oxidation sites excluding steroid dienone is 1. The highest BCUT2D eigenvalue weighted by atomic mass is 16.2. The van der Waals surface area contributed by atoms with Crippen molar-refractivity contribution >= 4 is 11.7 Å². The van der Waals surface area contributed by atoms with Gasteiger partial charge in [-0.25, -0.2) is 4.79 Å². The van der Waals surface area contributed by atoms with Crippen LogP contribution in [0.2, 0.25) is 0 Å². The Balaban J connectivity index is 2.56. The standard InChI is InChI=1S/C10H13N3O/c1-7(2)12-10(14)13-9-5-4-8(3)11-6-9/h4-6H,1H2,2-3H3,(H2,12,13,14). The van der Waals surface area contributed by atoms with Crippen molar-refractivity contribution in [1.82, 2.24) is 10.3 Å². The van der Waals surface area contributed by atoms with Crippen molar-refractivity contribution in [1.29, 1.82) is 0 Å². The van der Waals surface area contributed by atoms with Gasteiger partial charge in [0.25, 0.3) is 0 Å². The topological polar surface area (TPSA) is 54.0 Å². The molecule has 0 radical (unpaired) electrons. The molecule has 2 amide bonds. The molecule has 2 N–H and O–H groups in total. The number of pyridine rings is 1. The van der Waals surface area contributed by atoms with E-state index in [1.54, 1.807) is 19.2 Å². The number of amides is 2. The van der Waals surface area contributed by atoms with Crippen molar-refractivity contribution in [3.63, 3.8) is 0 Å². The summed E-state index contributed by atoms with van der Waals surface area (Å²) >= 11 is 0. The summed E-state index contributed by atoms with van der Waals surface area (Å²) in [5.74, 6) is 0. The van der Waals surface area contributed by atoms with Crippen molar-refractivity contribution in [3.05, 3.63) is 36.3 Å². The lowest BCUT2D eigenvalue weighted by molar-refractivity contribution is 0.254. The average molecular weight is 191 g/mol. The van der Waals surface area contributed by atoms with Crippen LogP contribution >= 0.6 is 0 Å². The SMILES string of the molecule is C=C(C)NC(=O)Nc1ccc(C)nc1. The summed E-state index contributed by atoms with van der Waals surface area (Å²) < 4.78 is 0. The van der Waals surface area contributed by atoms with E-state index in [0.29, 0.717) is 11.4 Å². The molecule has 0 aromatic carbocycles. The van der Waals surface area contributed by atoms with E-state index < -0.39 is 0 Å². The number of urea groups is 1. The first-order valence-corrected chi connectivity index (χ1v) is 4.24. The van der Waals surface area contributed by atoms with Crippen LogP contribution in [-0.4, -0.2) is 11.0 Å². The van der Waals surface area contributed by atoms with E-state index in [-0.39, 0.29) is 6.03 Å². The number of nitrogens with one attached hydrogen (secondary N) is 2. The largest absolute Gasteiger partial charge is 0.323 e. The third-order valence-corrected chi connectivity index (χ3v) is 1.50. The van der Waals surface area contributed by atoms with Crippen molar-refractivity contribution in [2.45, 2.75) is 13.8 Å². The predicted octanol–water partition coefficient (Wildman–Crippen LogP) is 2.05. The van der Waals surface area contributed by atoms with Gasteiger partial charge in [-0.3, -0.25) is 4.98 Å². The molecule has 1 aromatic rings. The first kappa shape index (κ1) is 10.2. The molecule has 4 heteroatoms. The van der Waals surface area contributed by atoms with Crippen LogP contribution in [0.25, 0.3) is 0 Å². The molecular formula is C10H13N3O. The average Bonchev–Trinajstić information content (AvgIpc) is 2.07. The van der Waals surface area contributed by atoms with E-state index in [9.17, 15) is 4.79 Å². The third kappa shape index (κ3) is 3.26. The predicted molar refractivity (Wildman–Crippen MR) is 55.9 cm³/mol. The number of hydrogen-bond acceptors (Lipinski definition) is 2. The molecule has 74 valence electrons. The van der Waals surface area contributed by atoms with Gasteiger partial charge >= 0.3 is 6.03 Å². The fourth-order valence-electron chi connectivity index (χ4n) is 0.898. The van der Waals surface area contributed by atoms with E-state index in [1.807, 2.05) is 13.0 Å². The third-order valence-electron chi connectivity index (χ3n) is 1.50. The molecule has 0 aliphatic rings. The molecule has 1 heterocycles. The Hall–Kier alpha value is -1.84. The number of anilines is 1. The molecule has 0 aliphatic heterocycles. The summed E-state index contributed by atoms with van der Waals surface area (Å²) in [5, 5.41) is 5.16. The summed E-state index contributed by atoms with van der Waals surface area (Å²) in [7, 11) is 0. The van der Waals surface area contributed by atoms with Crippen LogP contribution in [0, 0.1) is 6.92 Å². The quantitative estimate of drug-likeness (QED) is 0.751. The van der Waals surface area contributed by atoms with Gasteiger partial charge in [-0.1, -0.05) is 6.58 Å². The maximum absolute atomic E-state index is 11.2. The Labute approximate surface area is 83.0 Å². The summed E-state index contributed by atoms with van der Waals surface area (Å²) in [6.45, 7) is 7.17. The summed E-state index contributed by atoms with van der Waals surface area (Å²) in [5.41, 5.74) is 2.17. The monoisotopic (exact) mass is 191 g/mol. The van der Waals surface area contributed by atoms with Gasteiger partial charge in [-0.2, -0.15) is 0 Å². The molecule has 0 bridgehead atoms. The molecule has 0 unspecified atom stereocenters. The highest BCUT2D eigenvalue weighted by Crippen LogP contribution is 2.04. The summed E-state index contributed by atoms with van der Waals surface area (Å²) in [6.07, 6.45) is 1.60. The Kier molecular flexibility index (Phi) is 3.23. The summed E-state index contributed by atoms with van der Waals surface area (Å²) in [6, 6.07) is 3.32. The highest BCUT2D eigenvalue weighted by Gasteiger charge is 2.00. The minimum atomic E-state index is -0.303. The van der Waals surface area contributed by atoms with E-state index in [0.717, 1.165) is 5.69 Å². The molecule has 0 fully saturated rings. The molecule has 0 atom stereocenters. The van der Waals surface area contributed by atoms with Crippen molar-refractivity contribution in [2.24, 2.45) is 0 Å². The minimum Gasteiger partial charge on any atom is -0.312 e. The maximum atomic E-state index is 11.2. The van der Waals surface area contributed by atoms with Crippen LogP contribution in [0.3, 0.4) is 0 Å². The minimum absolute atomic E-state index is 0.303. The highest BCUT2D eigenvalue weighted by molar-refractivity contribution is 5.90. The number of nitrogens with zero attached hydrogens (tertiary/aromatic N) is 1. The number of hydrogen-bond donors (Lipinski definition) is 2. The van der Waals surface area contributed by atoms with Gasteiger partial charge in [0.05, 0.1) is 11.9 Å². The number of carbonyl (C=O) groups excluding carboxylic acids is 1. The Bertz CT molecular complexity index is 343. The smallest absolute Gasteiger partial charge is 0.312 e. The zero-order chi connectivity index (χ0) is 10.6. The number of rotatable bonds is 2. The lowest BCUT2D eigenvalue weighted by Gasteiger charge is -2.06. The van der Waals surface area contributed by atoms with E-state index in [2.05, 4.69) is 22.2 Å². The first-order chi connectivity index (χ1) is 6.58. The molecule has 14 heavy (non-hydrogen) atoms. The van der Waals surface area contributed by atoms with Gasteiger partial charge in [0.1, 0.15) is 0 Å². The maximum Gasteiger partial charge on any atom is 0.323 e. The lowest BCUT2D eigenvalue weighted by Crippen LogP contribution is -2.26. The second-order valence-electron chi connectivity index (χ2n) is 3.05. The summed E-state index contributed by atoms with van der Waals surface area (Å²) in [4.78, 5) is 15.2. The fourth-order valence-corrected chi connectivity index (χ4v) is 0.898. The van der Waals surface area contributed by atoms with E-state index in [1.165, 1.54) is 0 Å². The van der Waals surface area contributed by atoms with Gasteiger partial charge in [-0.15, -0.1) is 0 Å². The van der Waals surface area contributed by atoms with Crippen LogP contribution in [0.1, 0.15) is 12.6 Å². The van der Waals surface area contributed by atoms with Crippen molar-refractivity contribution in [3.8, 4) is 0 Å². The van der Waals surface area contributed by atoms with Crippen molar-refractivity contribution in [2.75, 3.05) is 5.32 Å². The lowest BCUT2D eigenvalue weighted by atomic mass is 10.3. The number of aromatic nitrogens is 1. The molecular weight excluding hydrogens is 178 g/mol. The van der Waals surface area contributed by atoms with Crippen LogP contribution in [0.4, 0.5) is 10.5 Å². The molecule has 0 aliphatic carbocycles. The first-order valence-electron chi connectivity index (χ1n) is 4.24. The Morgan fingerprint density at radius 3 is 2.71 bits per heavy atom. The molecule has 0 saturated carbocycles. The van der Waals surface area contributed by atoms with Gasteiger partial charge in [0, 0.05) is 11.4 Å². The molecule has 1 aromatic heterocycles. The number of aryl methyl sites for hydroxylation is 1. The Morgan fingerprint density at radius 2 is 2.21 bits per heavy atom. The molecule has 4 nitrogen and oxygen atoms in total. The van der Waals surface area contributed by atoms with Crippen molar-refractivity contribution < 1.29 is 4.79 Å². The number of carbonyl (C=O) groups is 1. The zero-order valence-corrected chi connectivity index (χ0v) is 8.29. The second-order valence-corrected chi connectivity index (χ2v) is 3.05. The fraction of sp³-hybridized carbons (Fsp3) is 0.200. The van der Waals surface area contributed by atoms with Crippen LogP contribution < -0.4 is 10.6 Å².